The fourth-order valence-electron chi connectivity index (χ4n) is 5.67. The van der Waals surface area contributed by atoms with Crippen LogP contribution in [0.4, 0.5) is 0 Å². The molecule has 6 nitrogen and oxygen atoms in total. The number of hydrogen-bond acceptors (Lipinski definition) is 5. The molecule has 1 aliphatic carbocycles. The summed E-state index contributed by atoms with van der Waals surface area (Å²) in [5.74, 6) is 1.62. The molecule has 5 rings (SSSR count). The lowest BCUT2D eigenvalue weighted by Crippen LogP contribution is -2.43. The first-order valence-corrected chi connectivity index (χ1v) is 11.1. The van der Waals surface area contributed by atoms with Gasteiger partial charge in [0.2, 0.25) is 5.91 Å². The Bertz CT molecular complexity index is 753. The molecule has 156 valence electrons. The van der Waals surface area contributed by atoms with Crippen LogP contribution in [0.5, 0.6) is 0 Å². The average Bonchev–Trinajstić information content (AvgIpc) is 3.53. The van der Waals surface area contributed by atoms with Crippen LogP contribution in [0.15, 0.2) is 40.2 Å². The Balaban J connectivity index is 1.27. The Kier molecular flexibility index (Phi) is 5.55. The number of hydrogen-bond donors (Lipinski definition) is 2. The maximum Gasteiger partial charge on any atom is 0.223 e. The third kappa shape index (κ3) is 3.92. The predicted molar refractivity (Wildman–Crippen MR) is 111 cm³/mol. The average molecular weight is 398 g/mol. The molecule has 0 spiro atoms. The lowest BCUT2D eigenvalue weighted by molar-refractivity contribution is -0.127. The molecule has 0 saturated carbocycles. The zero-order chi connectivity index (χ0) is 19.6. The molecule has 6 heteroatoms. The quantitative estimate of drug-likeness (QED) is 0.749. The van der Waals surface area contributed by atoms with Crippen molar-refractivity contribution in [3.63, 3.8) is 0 Å². The first-order valence-electron chi connectivity index (χ1n) is 11.1. The molecule has 2 saturated heterocycles. The monoisotopic (exact) mass is 397 g/mol. The summed E-state index contributed by atoms with van der Waals surface area (Å²) in [5.41, 5.74) is 1.26. The van der Waals surface area contributed by atoms with Crippen molar-refractivity contribution in [2.75, 3.05) is 19.7 Å². The second-order valence-corrected chi connectivity index (χ2v) is 8.95. The number of fused-ring (bicyclic) bond motifs is 1. The minimum Gasteiger partial charge on any atom is -0.472 e. The van der Waals surface area contributed by atoms with Gasteiger partial charge in [0.15, 0.2) is 0 Å². The van der Waals surface area contributed by atoms with Gasteiger partial charge in [-0.25, -0.2) is 0 Å². The van der Waals surface area contributed by atoms with Gasteiger partial charge in [0.25, 0.3) is 0 Å². The summed E-state index contributed by atoms with van der Waals surface area (Å²) in [4.78, 5) is 17.9. The van der Waals surface area contributed by atoms with Crippen LogP contribution in [0.2, 0.25) is 0 Å². The predicted octanol–water partition coefficient (Wildman–Crippen LogP) is 2.88. The summed E-state index contributed by atoms with van der Waals surface area (Å²) in [7, 11) is 0. The van der Waals surface area contributed by atoms with Gasteiger partial charge in [-0.05, 0) is 49.7 Å². The standard InChI is InChI=1S/C23H31N3O3/c27-23(26-12-17-4-3-8-29-17)19-6-2-1-5-18(19)16-10-20-21(15-7-9-28-14-15)13-25-22(20)24-11-16/h1,5,7,9,11,14,16-22,25H,2-4,6,8,10,12-13H2,(H,26,27). The molecule has 0 radical (unpaired) electrons. The fraction of sp³-hybridized carbons (Fsp3) is 0.652. The van der Waals surface area contributed by atoms with Crippen molar-refractivity contribution in [1.82, 2.24) is 10.6 Å². The normalized spacial score (nSPS) is 38.8. The summed E-state index contributed by atoms with van der Waals surface area (Å²) >= 11 is 0. The number of carbonyl (C=O) groups is 1. The van der Waals surface area contributed by atoms with E-state index in [1.54, 1.807) is 6.26 Å². The van der Waals surface area contributed by atoms with Crippen LogP contribution in [-0.2, 0) is 9.53 Å². The van der Waals surface area contributed by atoms with E-state index in [9.17, 15) is 4.79 Å². The van der Waals surface area contributed by atoms with Crippen LogP contribution in [0.3, 0.4) is 0 Å². The molecule has 3 aliphatic heterocycles. The van der Waals surface area contributed by atoms with E-state index in [1.807, 2.05) is 6.26 Å². The molecule has 4 heterocycles. The van der Waals surface area contributed by atoms with Crippen LogP contribution < -0.4 is 10.6 Å². The van der Waals surface area contributed by atoms with Gasteiger partial charge in [-0.2, -0.15) is 0 Å². The van der Waals surface area contributed by atoms with Gasteiger partial charge in [0.1, 0.15) is 6.17 Å². The topological polar surface area (TPSA) is 75.9 Å². The zero-order valence-corrected chi connectivity index (χ0v) is 16.8. The molecule has 29 heavy (non-hydrogen) atoms. The third-order valence-corrected chi connectivity index (χ3v) is 7.25. The minimum atomic E-state index is 0.0242. The van der Waals surface area contributed by atoms with E-state index in [-0.39, 0.29) is 30.0 Å². The highest BCUT2D eigenvalue weighted by atomic mass is 16.5. The van der Waals surface area contributed by atoms with Crippen molar-refractivity contribution in [2.45, 2.75) is 50.3 Å². The summed E-state index contributed by atoms with van der Waals surface area (Å²) in [6, 6.07) is 2.07. The van der Waals surface area contributed by atoms with E-state index in [4.69, 9.17) is 14.1 Å². The van der Waals surface area contributed by atoms with Gasteiger partial charge < -0.3 is 14.5 Å². The van der Waals surface area contributed by atoms with Crippen molar-refractivity contribution < 1.29 is 13.9 Å². The molecule has 1 aromatic rings. The largest absolute Gasteiger partial charge is 0.472 e. The number of aliphatic imine (C=N–C) groups is 1. The van der Waals surface area contributed by atoms with E-state index in [0.717, 1.165) is 45.3 Å². The van der Waals surface area contributed by atoms with E-state index >= 15 is 0 Å². The summed E-state index contributed by atoms with van der Waals surface area (Å²) < 4.78 is 11.0. The Morgan fingerprint density at radius 1 is 1.34 bits per heavy atom. The smallest absolute Gasteiger partial charge is 0.223 e. The number of nitrogens with one attached hydrogen (secondary N) is 2. The molecule has 0 aromatic carbocycles. The van der Waals surface area contributed by atoms with E-state index in [1.165, 1.54) is 5.56 Å². The highest BCUT2D eigenvalue weighted by Gasteiger charge is 2.43. The molecule has 2 fully saturated rings. The molecule has 7 unspecified atom stereocenters. The molecule has 1 aromatic heterocycles. The van der Waals surface area contributed by atoms with Gasteiger partial charge in [-0.1, -0.05) is 12.2 Å². The van der Waals surface area contributed by atoms with Crippen molar-refractivity contribution >= 4 is 12.1 Å². The first kappa shape index (κ1) is 19.1. The van der Waals surface area contributed by atoms with E-state index < -0.39 is 0 Å². The minimum absolute atomic E-state index is 0.0242. The number of rotatable bonds is 5. The second kappa shape index (κ2) is 8.44. The van der Waals surface area contributed by atoms with Crippen LogP contribution in [0.1, 0.15) is 43.6 Å². The maximum absolute atomic E-state index is 13.0. The Morgan fingerprint density at radius 3 is 3.14 bits per heavy atom. The van der Waals surface area contributed by atoms with Crippen molar-refractivity contribution in [3.05, 3.63) is 36.3 Å². The van der Waals surface area contributed by atoms with Crippen molar-refractivity contribution in [1.29, 1.82) is 0 Å². The first-order chi connectivity index (χ1) is 14.3. The maximum atomic E-state index is 13.0. The Morgan fingerprint density at radius 2 is 2.31 bits per heavy atom. The number of nitrogens with zero attached hydrogens (tertiary/aromatic N) is 1. The van der Waals surface area contributed by atoms with E-state index in [0.29, 0.717) is 24.3 Å². The molecular formula is C23H31N3O3. The van der Waals surface area contributed by atoms with E-state index in [2.05, 4.69) is 35.1 Å². The number of amides is 1. The van der Waals surface area contributed by atoms with Crippen LogP contribution >= 0.6 is 0 Å². The zero-order valence-electron chi connectivity index (χ0n) is 16.8. The number of allylic oxidation sites excluding steroid dienone is 2. The third-order valence-electron chi connectivity index (χ3n) is 7.25. The van der Waals surface area contributed by atoms with Gasteiger partial charge in [-0.3, -0.25) is 15.1 Å². The summed E-state index contributed by atoms with van der Waals surface area (Å²) in [6.07, 6.45) is 15.7. The van der Waals surface area contributed by atoms with Gasteiger partial charge in [-0.15, -0.1) is 0 Å². The number of ether oxygens (including phenoxy) is 1. The second-order valence-electron chi connectivity index (χ2n) is 8.95. The molecule has 4 aliphatic rings. The molecule has 7 atom stereocenters. The molecule has 0 bridgehead atoms. The number of carbonyl (C=O) groups excluding carboxylic acids is 1. The van der Waals surface area contributed by atoms with Crippen LogP contribution in [0.25, 0.3) is 0 Å². The van der Waals surface area contributed by atoms with Crippen LogP contribution in [0, 0.1) is 23.7 Å². The molecule has 1 amide bonds. The highest BCUT2D eigenvalue weighted by molar-refractivity contribution is 5.80. The Labute approximate surface area is 172 Å². The van der Waals surface area contributed by atoms with Crippen LogP contribution in [-0.4, -0.2) is 44.1 Å². The number of furan rings is 1. The summed E-state index contributed by atoms with van der Waals surface area (Å²) in [5, 5.41) is 6.73. The molecule has 2 N–H and O–H groups in total. The lowest BCUT2D eigenvalue weighted by Gasteiger charge is -2.36. The van der Waals surface area contributed by atoms with Crippen molar-refractivity contribution in [2.24, 2.45) is 28.7 Å². The van der Waals surface area contributed by atoms with Gasteiger partial charge >= 0.3 is 0 Å². The van der Waals surface area contributed by atoms with Crippen molar-refractivity contribution in [3.8, 4) is 0 Å². The fourth-order valence-corrected chi connectivity index (χ4v) is 5.67. The summed E-state index contributed by atoms with van der Waals surface area (Å²) in [6.45, 7) is 2.40. The van der Waals surface area contributed by atoms with Gasteiger partial charge in [0, 0.05) is 49.6 Å². The Hall–Kier alpha value is -1.92. The lowest BCUT2D eigenvalue weighted by atomic mass is 9.70. The SMILES string of the molecule is O=C(NCC1CCCO1)C1CCC=CC1C1C=NC2NCC(c3ccoc3)C2C1. The van der Waals surface area contributed by atoms with Gasteiger partial charge in [0.05, 0.1) is 18.6 Å². The molecular weight excluding hydrogens is 366 g/mol. The highest BCUT2D eigenvalue weighted by Crippen LogP contribution is 2.43.